The number of carbonyl (C=O) groups excluding carboxylic acids is 2. The van der Waals surface area contributed by atoms with Crippen LogP contribution in [0.1, 0.15) is 49.9 Å². The van der Waals surface area contributed by atoms with Crippen molar-refractivity contribution in [2.24, 2.45) is 5.92 Å². The van der Waals surface area contributed by atoms with Gasteiger partial charge in [0, 0.05) is 32.2 Å². The highest BCUT2D eigenvalue weighted by Gasteiger charge is 2.33. The van der Waals surface area contributed by atoms with E-state index in [0.717, 1.165) is 26.2 Å². The Morgan fingerprint density at radius 1 is 1.07 bits per heavy atom. The van der Waals surface area contributed by atoms with Gasteiger partial charge >= 0.3 is 0 Å². The van der Waals surface area contributed by atoms with E-state index >= 15 is 0 Å². The van der Waals surface area contributed by atoms with Gasteiger partial charge in [-0.15, -0.1) is 0 Å². The number of piperazine rings is 1. The molecule has 27 heavy (non-hydrogen) atoms. The van der Waals surface area contributed by atoms with Crippen LogP contribution in [-0.2, 0) is 4.79 Å². The van der Waals surface area contributed by atoms with Crippen molar-refractivity contribution in [2.75, 3.05) is 26.2 Å². The van der Waals surface area contributed by atoms with Crippen LogP contribution in [-0.4, -0.2) is 59.9 Å². The molecule has 1 saturated carbocycles. The lowest BCUT2D eigenvalue weighted by Gasteiger charge is -2.39. The second kappa shape index (κ2) is 9.07. The minimum atomic E-state index is -0.535. The third-order valence-corrected chi connectivity index (χ3v) is 6.13. The van der Waals surface area contributed by atoms with E-state index in [9.17, 15) is 9.59 Å². The first-order chi connectivity index (χ1) is 13.0. The highest BCUT2D eigenvalue weighted by atomic mass is 35.5. The molecule has 1 aliphatic carbocycles. The highest BCUT2D eigenvalue weighted by Crippen LogP contribution is 2.24. The SMILES string of the molecule is CC(C)C(NC(=O)c1ccccc1Cl)C(=O)N1CCN(C2CCCC2)CC1. The summed E-state index contributed by atoms with van der Waals surface area (Å²) in [6.45, 7) is 7.26. The zero-order valence-corrected chi connectivity index (χ0v) is 17.0. The Morgan fingerprint density at radius 2 is 1.70 bits per heavy atom. The van der Waals surface area contributed by atoms with E-state index in [2.05, 4.69) is 10.2 Å². The molecular formula is C21H30ClN3O2. The lowest BCUT2D eigenvalue weighted by atomic mass is 10.0. The summed E-state index contributed by atoms with van der Waals surface area (Å²) < 4.78 is 0. The van der Waals surface area contributed by atoms with E-state index in [0.29, 0.717) is 16.6 Å². The molecule has 1 aromatic rings. The average Bonchev–Trinajstić information content (AvgIpc) is 3.20. The molecule has 0 aromatic heterocycles. The van der Waals surface area contributed by atoms with Crippen LogP contribution in [0.15, 0.2) is 24.3 Å². The number of nitrogens with zero attached hydrogens (tertiary/aromatic N) is 2. The summed E-state index contributed by atoms with van der Waals surface area (Å²) in [7, 11) is 0. The number of nitrogens with one attached hydrogen (secondary N) is 1. The van der Waals surface area contributed by atoms with Crippen molar-refractivity contribution in [3.63, 3.8) is 0 Å². The van der Waals surface area contributed by atoms with Crippen LogP contribution >= 0.6 is 11.6 Å². The zero-order chi connectivity index (χ0) is 19.4. The molecule has 1 saturated heterocycles. The molecule has 0 radical (unpaired) electrons. The summed E-state index contributed by atoms with van der Waals surface area (Å²) in [5.41, 5.74) is 0.406. The summed E-state index contributed by atoms with van der Waals surface area (Å²) >= 11 is 6.13. The molecule has 1 unspecified atom stereocenters. The van der Waals surface area contributed by atoms with E-state index in [1.807, 2.05) is 18.7 Å². The molecule has 5 nitrogen and oxygen atoms in total. The van der Waals surface area contributed by atoms with Crippen LogP contribution in [0.3, 0.4) is 0 Å². The first-order valence-electron chi connectivity index (χ1n) is 10.1. The number of amides is 2. The van der Waals surface area contributed by atoms with Crippen LogP contribution in [0, 0.1) is 5.92 Å². The van der Waals surface area contributed by atoms with Crippen LogP contribution in [0.25, 0.3) is 0 Å². The Balaban J connectivity index is 1.60. The van der Waals surface area contributed by atoms with Crippen LogP contribution < -0.4 is 5.32 Å². The first-order valence-corrected chi connectivity index (χ1v) is 10.4. The molecule has 1 aliphatic heterocycles. The number of halogens is 1. The topological polar surface area (TPSA) is 52.7 Å². The molecule has 148 valence electrons. The van der Waals surface area contributed by atoms with Crippen molar-refractivity contribution < 1.29 is 9.59 Å². The Morgan fingerprint density at radius 3 is 2.30 bits per heavy atom. The fourth-order valence-corrected chi connectivity index (χ4v) is 4.37. The van der Waals surface area contributed by atoms with Gasteiger partial charge in [0.25, 0.3) is 5.91 Å². The van der Waals surface area contributed by atoms with Gasteiger partial charge in [-0.25, -0.2) is 0 Å². The summed E-state index contributed by atoms with van der Waals surface area (Å²) in [5.74, 6) is -0.273. The Hall–Kier alpha value is -1.59. The van der Waals surface area contributed by atoms with E-state index in [1.165, 1.54) is 25.7 Å². The van der Waals surface area contributed by atoms with Gasteiger partial charge in [0.1, 0.15) is 6.04 Å². The number of carbonyl (C=O) groups is 2. The molecule has 0 bridgehead atoms. The molecule has 6 heteroatoms. The molecule has 1 atom stereocenters. The second-order valence-electron chi connectivity index (χ2n) is 7.97. The molecule has 0 spiro atoms. The molecule has 2 fully saturated rings. The minimum Gasteiger partial charge on any atom is -0.340 e. The fourth-order valence-electron chi connectivity index (χ4n) is 4.15. The van der Waals surface area contributed by atoms with Gasteiger partial charge in [-0.2, -0.15) is 0 Å². The van der Waals surface area contributed by atoms with Gasteiger partial charge in [-0.1, -0.05) is 50.4 Å². The molecular weight excluding hydrogens is 362 g/mol. The Kier molecular flexibility index (Phi) is 6.77. The third kappa shape index (κ3) is 4.82. The first kappa shape index (κ1) is 20.2. The van der Waals surface area contributed by atoms with Gasteiger partial charge in [-0.3, -0.25) is 14.5 Å². The Labute approximate surface area is 167 Å². The number of benzene rings is 1. The standard InChI is InChI=1S/C21H30ClN3O2/c1-15(2)19(23-20(26)17-9-5-6-10-18(17)22)21(27)25-13-11-24(12-14-25)16-7-3-4-8-16/h5-6,9-10,15-16,19H,3-4,7-8,11-14H2,1-2H3,(H,23,26). The second-order valence-corrected chi connectivity index (χ2v) is 8.38. The normalized spacial score (nSPS) is 20.1. The van der Waals surface area contributed by atoms with E-state index < -0.39 is 6.04 Å². The lowest BCUT2D eigenvalue weighted by molar-refractivity contribution is -0.136. The predicted octanol–water partition coefficient (Wildman–Crippen LogP) is 3.18. The predicted molar refractivity (Wildman–Crippen MR) is 108 cm³/mol. The van der Waals surface area contributed by atoms with E-state index in [1.54, 1.807) is 24.3 Å². The summed E-state index contributed by atoms with van der Waals surface area (Å²) in [6, 6.07) is 7.09. The number of hydrogen-bond acceptors (Lipinski definition) is 3. The third-order valence-electron chi connectivity index (χ3n) is 5.80. The van der Waals surface area contributed by atoms with Crippen molar-refractivity contribution in [1.82, 2.24) is 15.1 Å². The molecule has 1 heterocycles. The van der Waals surface area contributed by atoms with Gasteiger partial charge in [0.15, 0.2) is 0 Å². The van der Waals surface area contributed by atoms with Crippen molar-refractivity contribution in [3.05, 3.63) is 34.9 Å². The molecule has 1 N–H and O–H groups in total. The quantitative estimate of drug-likeness (QED) is 0.838. The maximum Gasteiger partial charge on any atom is 0.253 e. The molecule has 2 amide bonds. The number of rotatable bonds is 5. The van der Waals surface area contributed by atoms with Gasteiger partial charge in [0.05, 0.1) is 10.6 Å². The van der Waals surface area contributed by atoms with Crippen molar-refractivity contribution in [1.29, 1.82) is 0 Å². The van der Waals surface area contributed by atoms with Crippen LogP contribution in [0.2, 0.25) is 5.02 Å². The maximum absolute atomic E-state index is 13.1. The smallest absolute Gasteiger partial charge is 0.253 e. The molecule has 2 aliphatic rings. The van der Waals surface area contributed by atoms with E-state index in [-0.39, 0.29) is 17.7 Å². The number of hydrogen-bond donors (Lipinski definition) is 1. The largest absolute Gasteiger partial charge is 0.340 e. The molecule has 1 aromatic carbocycles. The molecule has 3 rings (SSSR count). The zero-order valence-electron chi connectivity index (χ0n) is 16.3. The summed E-state index contributed by atoms with van der Waals surface area (Å²) in [6.07, 6.45) is 5.23. The van der Waals surface area contributed by atoms with Crippen LogP contribution in [0.4, 0.5) is 0 Å². The lowest BCUT2D eigenvalue weighted by Crippen LogP contribution is -2.57. The maximum atomic E-state index is 13.1. The van der Waals surface area contributed by atoms with Gasteiger partial charge in [0.2, 0.25) is 5.91 Å². The van der Waals surface area contributed by atoms with Crippen LogP contribution in [0.5, 0.6) is 0 Å². The monoisotopic (exact) mass is 391 g/mol. The highest BCUT2D eigenvalue weighted by molar-refractivity contribution is 6.33. The summed E-state index contributed by atoms with van der Waals surface area (Å²) in [4.78, 5) is 30.1. The minimum absolute atomic E-state index is 0.0106. The van der Waals surface area contributed by atoms with Crippen molar-refractivity contribution in [3.8, 4) is 0 Å². The fraction of sp³-hybridized carbons (Fsp3) is 0.619. The van der Waals surface area contributed by atoms with Gasteiger partial charge < -0.3 is 10.2 Å². The van der Waals surface area contributed by atoms with E-state index in [4.69, 9.17) is 11.6 Å². The Bertz CT molecular complexity index is 665. The summed E-state index contributed by atoms with van der Waals surface area (Å²) in [5, 5.41) is 3.31. The van der Waals surface area contributed by atoms with Gasteiger partial charge in [-0.05, 0) is 30.9 Å². The average molecular weight is 392 g/mol. The van der Waals surface area contributed by atoms with Crippen molar-refractivity contribution in [2.45, 2.75) is 51.6 Å². The van der Waals surface area contributed by atoms with Crippen molar-refractivity contribution >= 4 is 23.4 Å².